The molecule has 0 aliphatic carbocycles. The van der Waals surface area contributed by atoms with Gasteiger partial charge in [0.1, 0.15) is 5.01 Å². The van der Waals surface area contributed by atoms with E-state index in [0.29, 0.717) is 24.6 Å². The van der Waals surface area contributed by atoms with E-state index in [1.54, 1.807) is 0 Å². The summed E-state index contributed by atoms with van der Waals surface area (Å²) in [5.41, 5.74) is 3.31. The van der Waals surface area contributed by atoms with Crippen molar-refractivity contribution in [3.05, 3.63) is 80.3 Å². The van der Waals surface area contributed by atoms with Crippen LogP contribution in [0.25, 0.3) is 0 Å². The minimum Gasteiger partial charge on any atom is -0.346 e. The fourth-order valence-corrected chi connectivity index (χ4v) is 3.61. The number of carbonyl (C=O) groups excluding carboxylic acids is 1. The van der Waals surface area contributed by atoms with Crippen LogP contribution in [0.5, 0.6) is 0 Å². The monoisotopic (exact) mass is 400 g/mol. The Balaban J connectivity index is 1.53. The number of rotatable bonds is 7. The van der Waals surface area contributed by atoms with Crippen LogP contribution in [0.2, 0.25) is 5.02 Å². The normalized spacial score (nSPS) is 11.0. The minimum absolute atomic E-state index is 0.201. The van der Waals surface area contributed by atoms with Gasteiger partial charge in [-0.3, -0.25) is 9.69 Å². The Kier molecular flexibility index (Phi) is 6.55. The average Bonchev–Trinajstić information content (AvgIpc) is 3.11. The first kappa shape index (κ1) is 19.5. The molecular weight excluding hydrogens is 380 g/mol. The van der Waals surface area contributed by atoms with E-state index in [9.17, 15) is 4.79 Å². The van der Waals surface area contributed by atoms with Crippen molar-refractivity contribution < 1.29 is 4.79 Å². The standard InChI is InChI=1S/C20H21ClN4OS/c1-14-7-9-15(10-8-14)11-22-19(26)20-24-23-18(27-20)13-25(2)12-16-5-3-4-6-17(16)21/h3-10H,11-13H2,1-2H3,(H,22,26). The number of hydrogen-bond donors (Lipinski definition) is 1. The van der Waals surface area contributed by atoms with Crippen LogP contribution < -0.4 is 5.32 Å². The van der Waals surface area contributed by atoms with Crippen LogP contribution in [0.1, 0.15) is 31.5 Å². The molecule has 0 aliphatic rings. The summed E-state index contributed by atoms with van der Waals surface area (Å²) in [5, 5.41) is 13.0. The number of aromatic nitrogens is 2. The van der Waals surface area contributed by atoms with Gasteiger partial charge in [0.2, 0.25) is 5.01 Å². The van der Waals surface area contributed by atoms with Gasteiger partial charge in [0.05, 0.1) is 6.54 Å². The summed E-state index contributed by atoms with van der Waals surface area (Å²) in [6.07, 6.45) is 0. The largest absolute Gasteiger partial charge is 0.346 e. The summed E-state index contributed by atoms with van der Waals surface area (Å²) in [6.45, 7) is 3.82. The zero-order valence-electron chi connectivity index (χ0n) is 15.3. The Morgan fingerprint density at radius 2 is 1.85 bits per heavy atom. The fraction of sp³-hybridized carbons (Fsp3) is 0.250. The second-order valence-electron chi connectivity index (χ2n) is 6.43. The molecule has 1 aromatic heterocycles. The molecule has 2 aromatic carbocycles. The molecule has 0 saturated heterocycles. The quantitative estimate of drug-likeness (QED) is 0.649. The van der Waals surface area contributed by atoms with Gasteiger partial charge >= 0.3 is 0 Å². The lowest BCUT2D eigenvalue weighted by atomic mass is 10.1. The molecule has 3 rings (SSSR count). The molecule has 1 N–H and O–H groups in total. The van der Waals surface area contributed by atoms with Crippen LogP contribution >= 0.6 is 22.9 Å². The molecule has 0 unspecified atom stereocenters. The van der Waals surface area contributed by atoms with Gasteiger partial charge in [0.25, 0.3) is 5.91 Å². The predicted octanol–water partition coefficient (Wildman–Crippen LogP) is 4.06. The van der Waals surface area contributed by atoms with Gasteiger partial charge in [-0.05, 0) is 31.2 Å². The number of aryl methyl sites for hydroxylation is 1. The summed E-state index contributed by atoms with van der Waals surface area (Å²) in [6, 6.07) is 15.8. The van der Waals surface area contributed by atoms with Crippen molar-refractivity contribution in [3.8, 4) is 0 Å². The third-order valence-electron chi connectivity index (χ3n) is 4.04. The molecule has 1 amide bonds. The molecule has 5 nitrogen and oxygen atoms in total. The van der Waals surface area contributed by atoms with E-state index in [4.69, 9.17) is 11.6 Å². The number of hydrogen-bond acceptors (Lipinski definition) is 5. The Hall–Kier alpha value is -2.28. The first-order valence-electron chi connectivity index (χ1n) is 8.59. The second kappa shape index (κ2) is 9.08. The summed E-state index contributed by atoms with van der Waals surface area (Å²) in [5.74, 6) is -0.201. The third-order valence-corrected chi connectivity index (χ3v) is 5.31. The lowest BCUT2D eigenvalue weighted by Gasteiger charge is -2.15. The average molecular weight is 401 g/mol. The fourth-order valence-electron chi connectivity index (χ4n) is 2.58. The van der Waals surface area contributed by atoms with E-state index >= 15 is 0 Å². The highest BCUT2D eigenvalue weighted by Crippen LogP contribution is 2.18. The van der Waals surface area contributed by atoms with E-state index in [0.717, 1.165) is 21.2 Å². The van der Waals surface area contributed by atoms with Gasteiger partial charge in [-0.2, -0.15) is 0 Å². The summed E-state index contributed by atoms with van der Waals surface area (Å²) < 4.78 is 0. The zero-order valence-corrected chi connectivity index (χ0v) is 16.8. The predicted molar refractivity (Wildman–Crippen MR) is 109 cm³/mol. The van der Waals surface area contributed by atoms with Crippen molar-refractivity contribution >= 4 is 28.8 Å². The lowest BCUT2D eigenvalue weighted by molar-refractivity contribution is 0.0950. The van der Waals surface area contributed by atoms with Gasteiger partial charge in [-0.25, -0.2) is 0 Å². The maximum absolute atomic E-state index is 12.3. The number of nitrogens with one attached hydrogen (secondary N) is 1. The number of benzene rings is 2. The topological polar surface area (TPSA) is 58.1 Å². The number of halogens is 1. The Morgan fingerprint density at radius 1 is 1.11 bits per heavy atom. The molecule has 1 heterocycles. The van der Waals surface area contributed by atoms with E-state index in [-0.39, 0.29) is 5.91 Å². The van der Waals surface area contributed by atoms with Crippen molar-refractivity contribution in [1.82, 2.24) is 20.4 Å². The number of nitrogens with zero attached hydrogens (tertiary/aromatic N) is 3. The molecule has 0 radical (unpaired) electrons. The zero-order chi connectivity index (χ0) is 19.2. The third kappa shape index (κ3) is 5.60. The molecule has 0 aliphatic heterocycles. The molecule has 0 saturated carbocycles. The summed E-state index contributed by atoms with van der Waals surface area (Å²) in [4.78, 5) is 14.4. The number of carbonyl (C=O) groups is 1. The van der Waals surface area contributed by atoms with E-state index in [1.807, 2.05) is 62.5 Å². The SMILES string of the molecule is Cc1ccc(CNC(=O)c2nnc(CN(C)Cc3ccccc3Cl)s2)cc1. The Morgan fingerprint density at radius 3 is 2.59 bits per heavy atom. The van der Waals surface area contributed by atoms with Crippen molar-refractivity contribution in [1.29, 1.82) is 0 Å². The van der Waals surface area contributed by atoms with Crippen molar-refractivity contribution in [3.63, 3.8) is 0 Å². The second-order valence-corrected chi connectivity index (χ2v) is 7.90. The van der Waals surface area contributed by atoms with E-state index in [1.165, 1.54) is 16.9 Å². The smallest absolute Gasteiger partial charge is 0.282 e. The highest BCUT2D eigenvalue weighted by Gasteiger charge is 2.14. The maximum atomic E-state index is 12.3. The molecule has 0 bridgehead atoms. The van der Waals surface area contributed by atoms with Gasteiger partial charge in [-0.15, -0.1) is 10.2 Å². The van der Waals surface area contributed by atoms with Gasteiger partial charge < -0.3 is 5.32 Å². The van der Waals surface area contributed by atoms with Crippen LogP contribution in [0.4, 0.5) is 0 Å². The van der Waals surface area contributed by atoms with Crippen molar-refractivity contribution in [2.45, 2.75) is 26.6 Å². The first-order valence-corrected chi connectivity index (χ1v) is 9.79. The lowest BCUT2D eigenvalue weighted by Crippen LogP contribution is -2.22. The van der Waals surface area contributed by atoms with Crippen LogP contribution in [0.3, 0.4) is 0 Å². The van der Waals surface area contributed by atoms with E-state index < -0.39 is 0 Å². The molecule has 0 spiro atoms. The Labute approximate surface area is 168 Å². The van der Waals surface area contributed by atoms with Crippen molar-refractivity contribution in [2.75, 3.05) is 7.05 Å². The highest BCUT2D eigenvalue weighted by atomic mass is 35.5. The molecule has 7 heteroatoms. The summed E-state index contributed by atoms with van der Waals surface area (Å²) in [7, 11) is 1.99. The first-order chi connectivity index (χ1) is 13.0. The van der Waals surface area contributed by atoms with Gasteiger partial charge in [0, 0.05) is 18.1 Å². The molecule has 0 fully saturated rings. The molecular formula is C20H21ClN4OS. The van der Waals surface area contributed by atoms with Crippen molar-refractivity contribution in [2.24, 2.45) is 0 Å². The van der Waals surface area contributed by atoms with Crippen LogP contribution in [-0.4, -0.2) is 28.1 Å². The van der Waals surface area contributed by atoms with E-state index in [2.05, 4.69) is 20.4 Å². The van der Waals surface area contributed by atoms with Crippen LogP contribution in [-0.2, 0) is 19.6 Å². The molecule has 0 atom stereocenters. The molecule has 27 heavy (non-hydrogen) atoms. The van der Waals surface area contributed by atoms with Crippen LogP contribution in [0, 0.1) is 6.92 Å². The Bertz CT molecular complexity index is 910. The summed E-state index contributed by atoms with van der Waals surface area (Å²) >= 11 is 7.52. The highest BCUT2D eigenvalue weighted by molar-refractivity contribution is 7.13. The van der Waals surface area contributed by atoms with Gasteiger partial charge in [-0.1, -0.05) is 71.0 Å². The molecule has 3 aromatic rings. The maximum Gasteiger partial charge on any atom is 0.282 e. The minimum atomic E-state index is -0.201. The van der Waals surface area contributed by atoms with Gasteiger partial charge in [0.15, 0.2) is 0 Å². The van der Waals surface area contributed by atoms with Crippen LogP contribution in [0.15, 0.2) is 48.5 Å². The number of amides is 1. The molecule has 140 valence electrons.